The van der Waals surface area contributed by atoms with Crippen LogP contribution in [0.5, 0.6) is 5.75 Å². The zero-order valence-electron chi connectivity index (χ0n) is 11.9. The molecule has 2 N–H and O–H groups in total. The van der Waals surface area contributed by atoms with Gasteiger partial charge in [0.15, 0.2) is 0 Å². The van der Waals surface area contributed by atoms with Gasteiger partial charge in [0.2, 0.25) is 0 Å². The summed E-state index contributed by atoms with van der Waals surface area (Å²) in [6.07, 6.45) is 0.749. The van der Waals surface area contributed by atoms with E-state index in [0.717, 1.165) is 23.3 Å². The summed E-state index contributed by atoms with van der Waals surface area (Å²) in [4.78, 5) is 0. The van der Waals surface area contributed by atoms with Gasteiger partial charge in [0.1, 0.15) is 11.3 Å². The monoisotopic (exact) mass is 265 g/mol. The van der Waals surface area contributed by atoms with E-state index in [2.05, 4.69) is 11.8 Å². The number of hydrogen-bond acceptors (Lipinski definition) is 2. The fourth-order valence-corrected chi connectivity index (χ4v) is 2.03. The van der Waals surface area contributed by atoms with Gasteiger partial charge in [-0.1, -0.05) is 61.2 Å². The first kappa shape index (κ1) is 14.2. The van der Waals surface area contributed by atoms with Crippen LogP contribution in [0.15, 0.2) is 54.6 Å². The summed E-state index contributed by atoms with van der Waals surface area (Å²) in [5.74, 6) is 7.12. The minimum atomic E-state index is -0.637. The summed E-state index contributed by atoms with van der Waals surface area (Å²) in [7, 11) is 1.65. The predicted octanol–water partition coefficient (Wildman–Crippen LogP) is 3.31. The zero-order chi connectivity index (χ0) is 14.4. The fourth-order valence-electron chi connectivity index (χ4n) is 2.03. The lowest BCUT2D eigenvalue weighted by molar-refractivity contribution is 0.413. The van der Waals surface area contributed by atoms with Gasteiger partial charge in [-0.05, 0) is 24.1 Å². The maximum absolute atomic E-state index is 6.44. The number of nitrogens with two attached hydrogens (primary N) is 1. The van der Waals surface area contributed by atoms with E-state index in [1.165, 1.54) is 0 Å². The van der Waals surface area contributed by atoms with Crippen molar-refractivity contribution in [1.29, 1.82) is 0 Å². The molecule has 0 amide bonds. The molecule has 0 aliphatic rings. The van der Waals surface area contributed by atoms with Crippen molar-refractivity contribution in [3.8, 4) is 17.6 Å². The van der Waals surface area contributed by atoms with E-state index < -0.39 is 5.54 Å². The van der Waals surface area contributed by atoms with Crippen LogP contribution < -0.4 is 10.5 Å². The smallest absolute Gasteiger partial charge is 0.134 e. The second-order valence-corrected chi connectivity index (χ2v) is 4.64. The Morgan fingerprint density at radius 2 is 1.70 bits per heavy atom. The van der Waals surface area contributed by atoms with Gasteiger partial charge >= 0.3 is 0 Å². The molecule has 0 fully saturated rings. The highest BCUT2D eigenvalue weighted by Gasteiger charge is 2.22. The maximum Gasteiger partial charge on any atom is 0.134 e. The largest absolute Gasteiger partial charge is 0.495 e. The lowest BCUT2D eigenvalue weighted by atomic mass is 9.89. The lowest BCUT2D eigenvalue weighted by Crippen LogP contribution is -2.34. The van der Waals surface area contributed by atoms with Crippen LogP contribution in [0.25, 0.3) is 0 Å². The summed E-state index contributed by atoms with van der Waals surface area (Å²) >= 11 is 0. The molecule has 1 atom stereocenters. The average molecular weight is 265 g/mol. The first-order valence-electron chi connectivity index (χ1n) is 6.70. The summed E-state index contributed by atoms with van der Waals surface area (Å²) < 4.78 is 5.31. The van der Waals surface area contributed by atoms with Gasteiger partial charge in [-0.25, -0.2) is 0 Å². The first-order chi connectivity index (χ1) is 9.69. The molecular weight excluding hydrogens is 246 g/mol. The van der Waals surface area contributed by atoms with Gasteiger partial charge in [-0.3, -0.25) is 0 Å². The highest BCUT2D eigenvalue weighted by atomic mass is 16.5. The van der Waals surface area contributed by atoms with Crippen molar-refractivity contribution in [2.24, 2.45) is 5.73 Å². The van der Waals surface area contributed by atoms with E-state index >= 15 is 0 Å². The molecule has 2 heteroatoms. The standard InChI is InChI=1S/C18H19NO/c1-3-18(19,16-10-5-4-6-11-16)14-13-15-9-7-8-12-17(15)20-2/h4-12H,3,19H2,1-2H3. The molecule has 2 nitrogen and oxygen atoms in total. The number of hydrogen-bond donors (Lipinski definition) is 1. The van der Waals surface area contributed by atoms with Gasteiger partial charge in [0.05, 0.1) is 12.7 Å². The molecule has 0 saturated carbocycles. The van der Waals surface area contributed by atoms with Crippen molar-refractivity contribution in [3.63, 3.8) is 0 Å². The van der Waals surface area contributed by atoms with E-state index in [9.17, 15) is 0 Å². The van der Waals surface area contributed by atoms with E-state index in [1.807, 2.05) is 61.5 Å². The molecule has 0 aliphatic carbocycles. The summed E-state index contributed by atoms with van der Waals surface area (Å²) in [6, 6.07) is 17.7. The van der Waals surface area contributed by atoms with E-state index in [1.54, 1.807) is 7.11 Å². The Labute approximate surface area is 120 Å². The Morgan fingerprint density at radius 1 is 1.05 bits per heavy atom. The van der Waals surface area contributed by atoms with E-state index in [-0.39, 0.29) is 0 Å². The van der Waals surface area contributed by atoms with Crippen LogP contribution in [0.3, 0.4) is 0 Å². The summed E-state index contributed by atoms with van der Waals surface area (Å²) in [5, 5.41) is 0. The highest BCUT2D eigenvalue weighted by Crippen LogP contribution is 2.22. The van der Waals surface area contributed by atoms with Crippen LogP contribution in [-0.4, -0.2) is 7.11 Å². The molecule has 2 aromatic rings. The predicted molar refractivity (Wildman–Crippen MR) is 82.5 cm³/mol. The Bertz CT molecular complexity index is 625. The highest BCUT2D eigenvalue weighted by molar-refractivity contribution is 5.48. The first-order valence-corrected chi connectivity index (χ1v) is 6.70. The Balaban J connectivity index is 2.39. The number of ether oxygens (including phenoxy) is 1. The zero-order valence-corrected chi connectivity index (χ0v) is 11.9. The second kappa shape index (κ2) is 6.27. The maximum atomic E-state index is 6.44. The van der Waals surface area contributed by atoms with Gasteiger partial charge in [-0.2, -0.15) is 0 Å². The molecule has 0 bridgehead atoms. The molecule has 0 aromatic heterocycles. The van der Waals surface area contributed by atoms with Crippen molar-refractivity contribution < 1.29 is 4.74 Å². The van der Waals surface area contributed by atoms with Crippen LogP contribution in [0.1, 0.15) is 24.5 Å². The van der Waals surface area contributed by atoms with Crippen molar-refractivity contribution >= 4 is 0 Å². The fraction of sp³-hybridized carbons (Fsp3) is 0.222. The van der Waals surface area contributed by atoms with E-state index in [4.69, 9.17) is 10.5 Å². The van der Waals surface area contributed by atoms with Crippen LogP contribution in [0.2, 0.25) is 0 Å². The third-order valence-electron chi connectivity index (χ3n) is 3.37. The van der Waals surface area contributed by atoms with Crippen LogP contribution in [-0.2, 0) is 5.54 Å². The van der Waals surface area contributed by atoms with Crippen LogP contribution in [0, 0.1) is 11.8 Å². The molecule has 0 spiro atoms. The minimum absolute atomic E-state index is 0.637. The quantitative estimate of drug-likeness (QED) is 0.864. The molecular formula is C18H19NO. The number of methoxy groups -OCH3 is 1. The summed E-state index contributed by atoms with van der Waals surface area (Å²) in [5.41, 5.74) is 7.69. The molecule has 0 saturated heterocycles. The molecule has 0 radical (unpaired) electrons. The molecule has 2 aromatic carbocycles. The van der Waals surface area contributed by atoms with Crippen molar-refractivity contribution in [2.75, 3.05) is 7.11 Å². The molecule has 0 heterocycles. The number of para-hydroxylation sites is 1. The normalized spacial score (nSPS) is 12.9. The Morgan fingerprint density at radius 3 is 2.35 bits per heavy atom. The number of benzene rings is 2. The third kappa shape index (κ3) is 3.01. The summed E-state index contributed by atoms with van der Waals surface area (Å²) in [6.45, 7) is 2.05. The van der Waals surface area contributed by atoms with E-state index in [0.29, 0.717) is 0 Å². The van der Waals surface area contributed by atoms with Gasteiger partial charge < -0.3 is 10.5 Å². The topological polar surface area (TPSA) is 35.2 Å². The SMILES string of the molecule is CCC(N)(C#Cc1ccccc1OC)c1ccccc1. The van der Waals surface area contributed by atoms with Gasteiger partial charge in [-0.15, -0.1) is 0 Å². The van der Waals surface area contributed by atoms with Gasteiger partial charge in [0, 0.05) is 0 Å². The Kier molecular flexibility index (Phi) is 4.45. The molecule has 20 heavy (non-hydrogen) atoms. The Hall–Kier alpha value is -2.24. The van der Waals surface area contributed by atoms with Crippen molar-refractivity contribution in [3.05, 3.63) is 65.7 Å². The van der Waals surface area contributed by atoms with Crippen LogP contribution in [0.4, 0.5) is 0 Å². The van der Waals surface area contributed by atoms with Crippen molar-refractivity contribution in [1.82, 2.24) is 0 Å². The number of rotatable bonds is 3. The lowest BCUT2D eigenvalue weighted by Gasteiger charge is -2.22. The minimum Gasteiger partial charge on any atom is -0.495 e. The van der Waals surface area contributed by atoms with Crippen LogP contribution >= 0.6 is 0 Å². The molecule has 2 rings (SSSR count). The molecule has 102 valence electrons. The van der Waals surface area contributed by atoms with Crippen molar-refractivity contribution in [2.45, 2.75) is 18.9 Å². The second-order valence-electron chi connectivity index (χ2n) is 4.64. The van der Waals surface area contributed by atoms with Gasteiger partial charge in [0.25, 0.3) is 0 Å². The third-order valence-corrected chi connectivity index (χ3v) is 3.37. The average Bonchev–Trinajstić information content (AvgIpc) is 2.53. The molecule has 1 unspecified atom stereocenters. The molecule has 0 aliphatic heterocycles.